The van der Waals surface area contributed by atoms with E-state index < -0.39 is 10.0 Å². The molecule has 20 heavy (non-hydrogen) atoms. The first kappa shape index (κ1) is 16.3. The first-order chi connectivity index (χ1) is 9.45. The molecule has 0 aliphatic rings. The number of nitrogens with one attached hydrogen (secondary N) is 1. The maximum absolute atomic E-state index is 12.4. The van der Waals surface area contributed by atoms with Gasteiger partial charge in [0.25, 0.3) is 0 Å². The molecule has 0 saturated heterocycles. The van der Waals surface area contributed by atoms with Crippen molar-refractivity contribution in [3.05, 3.63) is 12.4 Å². The Balaban J connectivity index is 2.99. The van der Waals surface area contributed by atoms with Crippen molar-refractivity contribution >= 4 is 16.0 Å². The lowest BCUT2D eigenvalue weighted by molar-refractivity contribution is 0.399. The van der Waals surface area contributed by atoms with Gasteiger partial charge in [-0.05, 0) is 13.8 Å². The number of anilines is 1. The van der Waals surface area contributed by atoms with E-state index in [0.717, 1.165) is 0 Å². The van der Waals surface area contributed by atoms with E-state index in [-0.39, 0.29) is 17.4 Å². The van der Waals surface area contributed by atoms with Crippen molar-refractivity contribution in [1.29, 1.82) is 5.26 Å². The Morgan fingerprint density at radius 2 is 2.00 bits per heavy atom. The summed E-state index contributed by atoms with van der Waals surface area (Å²) in [6.45, 7) is 6.43. The summed E-state index contributed by atoms with van der Waals surface area (Å²) in [5.74, 6) is 0.0200. The van der Waals surface area contributed by atoms with Crippen LogP contribution in [0, 0.1) is 17.2 Å². The van der Waals surface area contributed by atoms with E-state index in [9.17, 15) is 8.42 Å². The Morgan fingerprint density at radius 3 is 2.45 bits per heavy atom. The molecule has 0 aliphatic carbocycles. The van der Waals surface area contributed by atoms with E-state index in [0.29, 0.717) is 19.0 Å². The Bertz CT molecular complexity index is 565. The zero-order valence-corrected chi connectivity index (χ0v) is 12.7. The van der Waals surface area contributed by atoms with Crippen LogP contribution in [0.1, 0.15) is 20.8 Å². The second-order valence-corrected chi connectivity index (χ2v) is 6.20. The van der Waals surface area contributed by atoms with Gasteiger partial charge in [-0.15, -0.1) is 0 Å². The molecule has 0 aliphatic heterocycles. The van der Waals surface area contributed by atoms with E-state index in [1.54, 1.807) is 13.8 Å². The highest BCUT2D eigenvalue weighted by Crippen LogP contribution is 2.16. The molecule has 0 radical (unpaired) electrons. The predicted octanol–water partition coefficient (Wildman–Crippen LogP) is 1.08. The summed E-state index contributed by atoms with van der Waals surface area (Å²) in [7, 11) is -3.66. The van der Waals surface area contributed by atoms with Gasteiger partial charge in [-0.1, -0.05) is 6.92 Å². The normalized spacial score (nSPS) is 12.9. The smallest absolute Gasteiger partial charge is 0.246 e. The molecule has 0 fully saturated rings. The summed E-state index contributed by atoms with van der Waals surface area (Å²) in [4.78, 5) is 7.95. The van der Waals surface area contributed by atoms with Gasteiger partial charge in [0.1, 0.15) is 4.90 Å². The first-order valence-electron chi connectivity index (χ1n) is 6.41. The second-order valence-electron chi connectivity index (χ2n) is 4.26. The summed E-state index contributed by atoms with van der Waals surface area (Å²) in [6, 6.07) is 2.03. The fourth-order valence-electron chi connectivity index (χ4n) is 1.59. The highest BCUT2D eigenvalue weighted by atomic mass is 32.2. The number of aromatic nitrogens is 2. The van der Waals surface area contributed by atoms with Crippen molar-refractivity contribution in [3.8, 4) is 6.07 Å². The quantitative estimate of drug-likeness (QED) is 0.808. The summed E-state index contributed by atoms with van der Waals surface area (Å²) in [6.07, 6.45) is 2.56. The van der Waals surface area contributed by atoms with Gasteiger partial charge in [0.15, 0.2) is 0 Å². The van der Waals surface area contributed by atoms with Crippen molar-refractivity contribution < 1.29 is 8.42 Å². The number of rotatable bonds is 7. The van der Waals surface area contributed by atoms with Crippen molar-refractivity contribution in [2.45, 2.75) is 25.7 Å². The number of sulfonamides is 1. The van der Waals surface area contributed by atoms with Gasteiger partial charge in [-0.2, -0.15) is 9.57 Å². The SMILES string of the molecule is CCNc1ncc(S(=O)(=O)N(CC)CC(C)C#N)cn1. The van der Waals surface area contributed by atoms with Crippen molar-refractivity contribution in [3.63, 3.8) is 0 Å². The van der Waals surface area contributed by atoms with Crippen molar-refractivity contribution in [2.75, 3.05) is 25.0 Å². The third-order valence-corrected chi connectivity index (χ3v) is 4.55. The van der Waals surface area contributed by atoms with E-state index in [4.69, 9.17) is 5.26 Å². The summed E-state index contributed by atoms with van der Waals surface area (Å²) in [5, 5.41) is 11.7. The Hall–Kier alpha value is -1.72. The van der Waals surface area contributed by atoms with Crippen LogP contribution >= 0.6 is 0 Å². The summed E-state index contributed by atoms with van der Waals surface area (Å²) >= 11 is 0. The first-order valence-corrected chi connectivity index (χ1v) is 7.85. The lowest BCUT2D eigenvalue weighted by atomic mass is 10.2. The van der Waals surface area contributed by atoms with Crippen molar-refractivity contribution in [2.24, 2.45) is 5.92 Å². The molecule has 1 atom stereocenters. The van der Waals surface area contributed by atoms with Gasteiger partial charge in [0.05, 0.1) is 24.4 Å². The van der Waals surface area contributed by atoms with Gasteiger partial charge in [0, 0.05) is 19.6 Å². The molecule has 1 aromatic rings. The maximum atomic E-state index is 12.4. The van der Waals surface area contributed by atoms with Crippen LogP contribution in [0.4, 0.5) is 5.95 Å². The standard InChI is InChI=1S/C12H19N5O2S/c1-4-14-12-15-7-11(8-16-12)20(18,19)17(5-2)9-10(3)6-13/h7-8,10H,4-5,9H2,1-3H3,(H,14,15,16). The molecule has 7 nitrogen and oxygen atoms in total. The van der Waals surface area contributed by atoms with Crippen LogP contribution in [0.25, 0.3) is 0 Å². The Kier molecular flexibility index (Phi) is 5.85. The number of hydrogen-bond donors (Lipinski definition) is 1. The van der Waals surface area contributed by atoms with Gasteiger partial charge in [-0.3, -0.25) is 0 Å². The molecule has 0 aromatic carbocycles. The molecule has 1 N–H and O–H groups in total. The minimum absolute atomic E-state index is 0.0335. The van der Waals surface area contributed by atoms with Crippen LogP contribution < -0.4 is 5.32 Å². The maximum Gasteiger partial charge on any atom is 0.246 e. The molecule has 1 heterocycles. The van der Waals surface area contributed by atoms with E-state index in [1.807, 2.05) is 13.0 Å². The topological polar surface area (TPSA) is 99.0 Å². The monoisotopic (exact) mass is 297 g/mol. The van der Waals surface area contributed by atoms with Crippen molar-refractivity contribution in [1.82, 2.24) is 14.3 Å². The molecule has 1 aromatic heterocycles. The fraction of sp³-hybridized carbons (Fsp3) is 0.583. The van der Waals surface area contributed by atoms with E-state index in [2.05, 4.69) is 15.3 Å². The van der Waals surface area contributed by atoms with Gasteiger partial charge in [0.2, 0.25) is 16.0 Å². The highest BCUT2D eigenvalue weighted by Gasteiger charge is 2.25. The van der Waals surface area contributed by atoms with Gasteiger partial charge < -0.3 is 5.32 Å². The molecule has 8 heteroatoms. The average molecular weight is 297 g/mol. The molecule has 0 spiro atoms. The zero-order valence-electron chi connectivity index (χ0n) is 11.9. The van der Waals surface area contributed by atoms with E-state index in [1.165, 1.54) is 16.7 Å². The lowest BCUT2D eigenvalue weighted by Crippen LogP contribution is -2.34. The largest absolute Gasteiger partial charge is 0.355 e. The van der Waals surface area contributed by atoms with Crippen LogP contribution in [-0.4, -0.2) is 42.3 Å². The minimum atomic E-state index is -3.66. The molecule has 1 rings (SSSR count). The predicted molar refractivity (Wildman–Crippen MR) is 75.4 cm³/mol. The van der Waals surface area contributed by atoms with Gasteiger partial charge in [-0.25, -0.2) is 18.4 Å². The number of nitrogens with zero attached hydrogens (tertiary/aromatic N) is 4. The molecule has 0 saturated carbocycles. The third-order valence-electron chi connectivity index (χ3n) is 2.65. The number of nitriles is 1. The third kappa shape index (κ3) is 3.88. The summed E-state index contributed by atoms with van der Waals surface area (Å²) in [5.41, 5.74) is 0. The second kappa shape index (κ2) is 7.17. The fourth-order valence-corrected chi connectivity index (χ4v) is 3.02. The molecule has 1 unspecified atom stereocenters. The van der Waals surface area contributed by atoms with Gasteiger partial charge >= 0.3 is 0 Å². The molecule has 0 amide bonds. The van der Waals surface area contributed by atoms with E-state index >= 15 is 0 Å². The van der Waals surface area contributed by atoms with Crippen LogP contribution in [0.5, 0.6) is 0 Å². The lowest BCUT2D eigenvalue weighted by Gasteiger charge is -2.21. The van der Waals surface area contributed by atoms with Crippen LogP contribution in [0.3, 0.4) is 0 Å². The molecular formula is C12H19N5O2S. The Morgan fingerprint density at radius 1 is 1.40 bits per heavy atom. The average Bonchev–Trinajstić information content (AvgIpc) is 2.45. The molecular weight excluding hydrogens is 278 g/mol. The minimum Gasteiger partial charge on any atom is -0.355 e. The molecule has 0 bridgehead atoms. The molecule has 110 valence electrons. The zero-order chi connectivity index (χ0) is 15.2. The number of hydrogen-bond acceptors (Lipinski definition) is 6. The Labute approximate surface area is 119 Å². The van der Waals surface area contributed by atoms with Crippen LogP contribution in [0.2, 0.25) is 0 Å². The van der Waals surface area contributed by atoms with Crippen LogP contribution in [-0.2, 0) is 10.0 Å². The summed E-state index contributed by atoms with van der Waals surface area (Å²) < 4.78 is 26.1. The highest BCUT2D eigenvalue weighted by molar-refractivity contribution is 7.89. The van der Waals surface area contributed by atoms with Crippen LogP contribution in [0.15, 0.2) is 17.3 Å².